The lowest BCUT2D eigenvalue weighted by Crippen LogP contribution is -2.25. The van der Waals surface area contributed by atoms with Gasteiger partial charge in [-0.3, -0.25) is 9.78 Å². The van der Waals surface area contributed by atoms with Crippen LogP contribution in [-0.2, 0) is 11.3 Å². The summed E-state index contributed by atoms with van der Waals surface area (Å²) in [5, 5.41) is 11.7. The van der Waals surface area contributed by atoms with Crippen molar-refractivity contribution in [1.29, 1.82) is 0 Å². The summed E-state index contributed by atoms with van der Waals surface area (Å²) in [6, 6.07) is 10.2. The van der Waals surface area contributed by atoms with Gasteiger partial charge in [-0.2, -0.15) is 10.2 Å². The van der Waals surface area contributed by atoms with Crippen LogP contribution in [0.4, 0.5) is 10.2 Å². The van der Waals surface area contributed by atoms with Crippen molar-refractivity contribution in [3.63, 3.8) is 0 Å². The van der Waals surface area contributed by atoms with Crippen LogP contribution in [-0.4, -0.2) is 30.5 Å². The standard InChI is InChI=1S/C21H17FN6O/c22-15-4-5-19(27-8-2-7-24-27)17(9-15)16-10-20(29)26-21-18(16)12-25-28(21)13-14-3-1-6-23-11-14/h1-9,11-12,16H,10,13H2,(H,26,29). The maximum absolute atomic E-state index is 14.2. The lowest BCUT2D eigenvalue weighted by atomic mass is 9.86. The first-order valence-corrected chi connectivity index (χ1v) is 9.23. The molecule has 5 rings (SSSR count). The highest BCUT2D eigenvalue weighted by atomic mass is 19.1. The van der Waals surface area contributed by atoms with Gasteiger partial charge >= 0.3 is 0 Å². The molecule has 0 saturated heterocycles. The van der Waals surface area contributed by atoms with Gasteiger partial charge in [-0.25, -0.2) is 13.8 Å². The van der Waals surface area contributed by atoms with E-state index in [9.17, 15) is 9.18 Å². The first kappa shape index (κ1) is 17.3. The second-order valence-electron chi connectivity index (χ2n) is 6.93. The van der Waals surface area contributed by atoms with Crippen molar-refractivity contribution in [2.45, 2.75) is 18.9 Å². The van der Waals surface area contributed by atoms with Crippen LogP contribution in [0, 0.1) is 5.82 Å². The lowest BCUT2D eigenvalue weighted by Gasteiger charge is -2.25. The third-order valence-electron chi connectivity index (χ3n) is 5.06. The van der Waals surface area contributed by atoms with Gasteiger partial charge < -0.3 is 5.32 Å². The van der Waals surface area contributed by atoms with Crippen LogP contribution in [0.25, 0.3) is 5.69 Å². The number of carbonyl (C=O) groups is 1. The summed E-state index contributed by atoms with van der Waals surface area (Å²) in [7, 11) is 0. The molecule has 1 atom stereocenters. The Bertz CT molecular complexity index is 1170. The summed E-state index contributed by atoms with van der Waals surface area (Å²) in [6.45, 7) is 0.478. The van der Waals surface area contributed by atoms with Gasteiger partial charge in [-0.1, -0.05) is 6.07 Å². The molecule has 4 heterocycles. The highest BCUT2D eigenvalue weighted by Gasteiger charge is 2.32. The number of aromatic nitrogens is 5. The Morgan fingerprint density at radius 3 is 2.83 bits per heavy atom. The second-order valence-corrected chi connectivity index (χ2v) is 6.93. The van der Waals surface area contributed by atoms with Crippen molar-refractivity contribution in [3.8, 4) is 5.69 Å². The predicted molar refractivity (Wildman–Crippen MR) is 104 cm³/mol. The maximum atomic E-state index is 14.2. The molecule has 1 aliphatic rings. The molecule has 1 N–H and O–H groups in total. The van der Waals surface area contributed by atoms with Crippen molar-refractivity contribution in [2.24, 2.45) is 0 Å². The third-order valence-corrected chi connectivity index (χ3v) is 5.06. The van der Waals surface area contributed by atoms with E-state index in [2.05, 4.69) is 20.5 Å². The molecule has 0 saturated carbocycles. The average molecular weight is 388 g/mol. The van der Waals surface area contributed by atoms with Gasteiger partial charge in [0.2, 0.25) is 5.91 Å². The number of fused-ring (bicyclic) bond motifs is 1. The van der Waals surface area contributed by atoms with Crippen molar-refractivity contribution in [3.05, 3.63) is 89.9 Å². The number of anilines is 1. The normalized spacial score (nSPS) is 15.8. The molecule has 1 aliphatic heterocycles. The number of nitrogens with zero attached hydrogens (tertiary/aromatic N) is 5. The minimum absolute atomic E-state index is 0.133. The quantitative estimate of drug-likeness (QED) is 0.583. The first-order valence-electron chi connectivity index (χ1n) is 9.23. The molecule has 0 fully saturated rings. The number of rotatable bonds is 4. The Hall–Kier alpha value is -3.81. The zero-order valence-corrected chi connectivity index (χ0v) is 15.4. The number of nitrogens with one attached hydrogen (secondary N) is 1. The van der Waals surface area contributed by atoms with E-state index < -0.39 is 0 Å². The van der Waals surface area contributed by atoms with Gasteiger partial charge in [-0.15, -0.1) is 0 Å². The average Bonchev–Trinajstić information content (AvgIpc) is 3.39. The summed E-state index contributed by atoms with van der Waals surface area (Å²) in [4.78, 5) is 16.6. The molecule has 3 aromatic heterocycles. The summed E-state index contributed by atoms with van der Waals surface area (Å²) >= 11 is 0. The number of benzene rings is 1. The van der Waals surface area contributed by atoms with Crippen molar-refractivity contribution in [1.82, 2.24) is 24.5 Å². The predicted octanol–water partition coefficient (Wildman–Crippen LogP) is 3.13. The monoisotopic (exact) mass is 388 g/mol. The molecule has 0 radical (unpaired) electrons. The molecular formula is C21H17FN6O. The third kappa shape index (κ3) is 3.18. The molecule has 1 unspecified atom stereocenters. The Kier molecular flexibility index (Phi) is 4.16. The van der Waals surface area contributed by atoms with Crippen molar-refractivity contribution < 1.29 is 9.18 Å². The lowest BCUT2D eigenvalue weighted by molar-refractivity contribution is -0.116. The van der Waals surface area contributed by atoms with Gasteiger partial charge in [0.1, 0.15) is 11.6 Å². The molecule has 29 heavy (non-hydrogen) atoms. The topological polar surface area (TPSA) is 77.6 Å². The Morgan fingerprint density at radius 2 is 2.03 bits per heavy atom. The number of halogens is 1. The number of hydrogen-bond donors (Lipinski definition) is 1. The van der Waals surface area contributed by atoms with Crippen LogP contribution in [0.2, 0.25) is 0 Å². The number of hydrogen-bond acceptors (Lipinski definition) is 4. The fraction of sp³-hybridized carbons (Fsp3) is 0.143. The van der Waals surface area contributed by atoms with Gasteiger partial charge in [0.05, 0.1) is 18.4 Å². The van der Waals surface area contributed by atoms with E-state index in [1.165, 1.54) is 12.1 Å². The van der Waals surface area contributed by atoms with Gasteiger partial charge in [0, 0.05) is 42.7 Å². The summed E-state index contributed by atoms with van der Waals surface area (Å²) in [5.74, 6) is -0.181. The SMILES string of the molecule is O=C1CC(c2cc(F)ccc2-n2cccn2)c2cnn(Cc3cccnc3)c2N1. The zero-order valence-electron chi connectivity index (χ0n) is 15.4. The van der Waals surface area contributed by atoms with Crippen molar-refractivity contribution >= 4 is 11.7 Å². The number of amides is 1. The van der Waals surface area contributed by atoms with Crippen LogP contribution >= 0.6 is 0 Å². The smallest absolute Gasteiger partial charge is 0.226 e. The molecule has 7 nitrogen and oxygen atoms in total. The maximum Gasteiger partial charge on any atom is 0.226 e. The number of carbonyl (C=O) groups excluding carboxylic acids is 1. The molecule has 1 amide bonds. The van der Waals surface area contributed by atoms with Crippen LogP contribution in [0.5, 0.6) is 0 Å². The Morgan fingerprint density at radius 1 is 1.10 bits per heavy atom. The van der Waals surface area contributed by atoms with E-state index in [-0.39, 0.29) is 24.1 Å². The fourth-order valence-corrected chi connectivity index (χ4v) is 3.76. The van der Waals surface area contributed by atoms with E-state index in [0.717, 1.165) is 16.8 Å². The second kappa shape index (κ2) is 6.97. The molecule has 0 aliphatic carbocycles. The van der Waals surface area contributed by atoms with E-state index in [1.54, 1.807) is 52.5 Å². The van der Waals surface area contributed by atoms with Crippen LogP contribution in [0.3, 0.4) is 0 Å². The van der Waals surface area contributed by atoms with Crippen LogP contribution in [0.15, 0.2) is 67.4 Å². The van der Waals surface area contributed by atoms with E-state index in [4.69, 9.17) is 0 Å². The minimum Gasteiger partial charge on any atom is -0.311 e. The van der Waals surface area contributed by atoms with E-state index >= 15 is 0 Å². The molecule has 1 aromatic carbocycles. The number of pyridine rings is 1. The molecular weight excluding hydrogens is 371 g/mol. The highest BCUT2D eigenvalue weighted by molar-refractivity contribution is 5.94. The molecule has 8 heteroatoms. The van der Waals surface area contributed by atoms with Gasteiger partial charge in [-0.05, 0) is 41.5 Å². The van der Waals surface area contributed by atoms with Gasteiger partial charge in [0.25, 0.3) is 0 Å². The summed E-state index contributed by atoms with van der Waals surface area (Å²) < 4.78 is 17.6. The van der Waals surface area contributed by atoms with E-state index in [0.29, 0.717) is 17.9 Å². The molecule has 4 aromatic rings. The van der Waals surface area contributed by atoms with Crippen LogP contribution in [0.1, 0.15) is 29.0 Å². The van der Waals surface area contributed by atoms with E-state index in [1.807, 2.05) is 12.1 Å². The Balaban J connectivity index is 1.59. The fourth-order valence-electron chi connectivity index (χ4n) is 3.76. The molecule has 0 bridgehead atoms. The summed E-state index contributed by atoms with van der Waals surface area (Å²) in [6.07, 6.45) is 8.89. The molecule has 144 valence electrons. The Labute approximate surface area is 165 Å². The zero-order chi connectivity index (χ0) is 19.8. The highest BCUT2D eigenvalue weighted by Crippen LogP contribution is 2.39. The van der Waals surface area contributed by atoms with Crippen molar-refractivity contribution in [2.75, 3.05) is 5.32 Å². The largest absolute Gasteiger partial charge is 0.311 e. The molecule has 0 spiro atoms. The van der Waals surface area contributed by atoms with Crippen LogP contribution < -0.4 is 5.32 Å². The first-order chi connectivity index (χ1) is 14.2. The summed E-state index contributed by atoms with van der Waals surface area (Å²) in [5.41, 5.74) is 3.26. The minimum atomic E-state index is -0.355. The van der Waals surface area contributed by atoms with Gasteiger partial charge in [0.15, 0.2) is 0 Å².